The monoisotopic (exact) mass is 335 g/mol. The molecule has 0 aliphatic carbocycles. The number of piperidine rings is 1. The molecule has 1 amide bonds. The number of likely N-dealkylation sites (tertiary alicyclic amines) is 1. The van der Waals surface area contributed by atoms with Crippen molar-refractivity contribution in [1.29, 1.82) is 0 Å². The summed E-state index contributed by atoms with van der Waals surface area (Å²) in [5.74, 6) is 0.834. The number of imidazole rings is 1. The number of nitrogens with zero attached hydrogens (tertiary/aromatic N) is 5. The minimum Gasteiger partial charge on any atom is -0.334 e. The number of amides is 1. The van der Waals surface area contributed by atoms with Gasteiger partial charge in [0.15, 0.2) is 0 Å². The molecule has 1 atom stereocenters. The van der Waals surface area contributed by atoms with E-state index in [4.69, 9.17) is 4.98 Å². The van der Waals surface area contributed by atoms with Crippen molar-refractivity contribution in [3.8, 4) is 0 Å². The average Bonchev–Trinajstić information content (AvgIpc) is 3.12. The first kappa shape index (κ1) is 15.7. The molecule has 1 fully saturated rings. The molecule has 1 saturated heterocycles. The van der Waals surface area contributed by atoms with Gasteiger partial charge in [-0.05, 0) is 43.9 Å². The van der Waals surface area contributed by atoms with Crippen LogP contribution in [0.3, 0.4) is 0 Å². The molecule has 6 heteroatoms. The number of carbonyl (C=O) groups is 1. The predicted octanol–water partition coefficient (Wildman–Crippen LogP) is 2.73. The van der Waals surface area contributed by atoms with Crippen LogP contribution in [-0.4, -0.2) is 36.7 Å². The number of rotatable bonds is 3. The van der Waals surface area contributed by atoms with E-state index in [0.717, 1.165) is 42.8 Å². The van der Waals surface area contributed by atoms with Gasteiger partial charge in [-0.25, -0.2) is 9.97 Å². The maximum absolute atomic E-state index is 12.9. The minimum absolute atomic E-state index is 0.0262. The standard InChI is InChI=1S/C19H21N5O/c1-14-11-16(22-19-21-8-10-23(14)19)17-6-2-3-9-24(17)18(25)12-15-5-4-7-20-13-15/h4-5,7-8,10-11,13,17H,2-3,6,9,12H2,1H3/t17-/m0/s1. The largest absolute Gasteiger partial charge is 0.334 e. The lowest BCUT2D eigenvalue weighted by atomic mass is 9.97. The van der Waals surface area contributed by atoms with Crippen molar-refractivity contribution < 1.29 is 4.79 Å². The predicted molar refractivity (Wildman–Crippen MR) is 94.0 cm³/mol. The SMILES string of the molecule is Cc1cc([C@@H]2CCCCN2C(=O)Cc2cccnc2)nc2nccn12. The molecule has 0 radical (unpaired) electrons. The summed E-state index contributed by atoms with van der Waals surface area (Å²) in [5, 5.41) is 0. The fourth-order valence-corrected chi connectivity index (χ4v) is 3.57. The second kappa shape index (κ2) is 6.63. The summed E-state index contributed by atoms with van der Waals surface area (Å²) in [6.45, 7) is 2.83. The molecule has 0 saturated carbocycles. The summed E-state index contributed by atoms with van der Waals surface area (Å²) in [5.41, 5.74) is 2.97. The molecule has 6 nitrogen and oxygen atoms in total. The van der Waals surface area contributed by atoms with Gasteiger partial charge in [0.25, 0.3) is 0 Å². The summed E-state index contributed by atoms with van der Waals surface area (Å²) in [4.78, 5) is 28.0. The number of carbonyl (C=O) groups excluding carboxylic acids is 1. The van der Waals surface area contributed by atoms with Crippen LogP contribution in [-0.2, 0) is 11.2 Å². The first-order valence-electron chi connectivity index (χ1n) is 8.71. The molecule has 0 unspecified atom stereocenters. The van der Waals surface area contributed by atoms with E-state index in [1.807, 2.05) is 34.6 Å². The molecule has 128 valence electrons. The lowest BCUT2D eigenvalue weighted by Crippen LogP contribution is -2.39. The highest BCUT2D eigenvalue weighted by molar-refractivity contribution is 5.79. The third-order valence-corrected chi connectivity index (χ3v) is 4.83. The van der Waals surface area contributed by atoms with Gasteiger partial charge in [0, 0.05) is 37.0 Å². The zero-order chi connectivity index (χ0) is 17.2. The summed E-state index contributed by atoms with van der Waals surface area (Å²) < 4.78 is 1.97. The van der Waals surface area contributed by atoms with Crippen molar-refractivity contribution in [2.75, 3.05) is 6.54 Å². The van der Waals surface area contributed by atoms with Crippen molar-refractivity contribution in [3.63, 3.8) is 0 Å². The van der Waals surface area contributed by atoms with Crippen LogP contribution in [0.15, 0.2) is 43.0 Å². The van der Waals surface area contributed by atoms with Crippen molar-refractivity contribution in [2.24, 2.45) is 0 Å². The lowest BCUT2D eigenvalue weighted by Gasteiger charge is -2.35. The summed E-state index contributed by atoms with van der Waals surface area (Å²) in [6.07, 6.45) is 10.6. The van der Waals surface area contributed by atoms with Crippen LogP contribution in [0.25, 0.3) is 5.78 Å². The van der Waals surface area contributed by atoms with Crippen LogP contribution in [0.5, 0.6) is 0 Å². The zero-order valence-electron chi connectivity index (χ0n) is 14.3. The molecule has 0 spiro atoms. The van der Waals surface area contributed by atoms with Crippen LogP contribution in [0, 0.1) is 6.92 Å². The van der Waals surface area contributed by atoms with Crippen LogP contribution in [0.2, 0.25) is 0 Å². The molecule has 3 aromatic rings. The van der Waals surface area contributed by atoms with E-state index in [0.29, 0.717) is 12.2 Å². The van der Waals surface area contributed by atoms with Crippen molar-refractivity contribution in [2.45, 2.75) is 38.6 Å². The third-order valence-electron chi connectivity index (χ3n) is 4.83. The summed E-state index contributed by atoms with van der Waals surface area (Å²) >= 11 is 0. The van der Waals surface area contributed by atoms with Gasteiger partial charge in [0.05, 0.1) is 18.2 Å². The van der Waals surface area contributed by atoms with Gasteiger partial charge in [-0.1, -0.05) is 6.07 Å². The minimum atomic E-state index is 0.0262. The second-order valence-electron chi connectivity index (χ2n) is 6.56. The van der Waals surface area contributed by atoms with E-state index < -0.39 is 0 Å². The summed E-state index contributed by atoms with van der Waals surface area (Å²) in [7, 11) is 0. The lowest BCUT2D eigenvalue weighted by molar-refractivity contribution is -0.134. The van der Waals surface area contributed by atoms with Crippen molar-refractivity contribution >= 4 is 11.7 Å². The molecule has 3 aromatic heterocycles. The van der Waals surface area contributed by atoms with E-state index >= 15 is 0 Å². The zero-order valence-corrected chi connectivity index (χ0v) is 14.3. The molecule has 0 bridgehead atoms. The fraction of sp³-hybridized carbons (Fsp3) is 0.368. The van der Waals surface area contributed by atoms with Crippen molar-refractivity contribution in [1.82, 2.24) is 24.3 Å². The number of hydrogen-bond acceptors (Lipinski definition) is 4. The van der Waals surface area contributed by atoms with E-state index in [2.05, 4.69) is 16.0 Å². The number of fused-ring (bicyclic) bond motifs is 1. The number of aromatic nitrogens is 4. The molecule has 4 rings (SSSR count). The van der Waals surface area contributed by atoms with Gasteiger partial charge in [0.2, 0.25) is 11.7 Å². The molecular weight excluding hydrogens is 314 g/mol. The van der Waals surface area contributed by atoms with Crippen LogP contribution in [0.4, 0.5) is 0 Å². The van der Waals surface area contributed by atoms with E-state index in [1.54, 1.807) is 18.6 Å². The highest BCUT2D eigenvalue weighted by Crippen LogP contribution is 2.31. The topological polar surface area (TPSA) is 63.4 Å². The Morgan fingerprint density at radius 2 is 2.24 bits per heavy atom. The number of hydrogen-bond donors (Lipinski definition) is 0. The Morgan fingerprint density at radius 1 is 1.32 bits per heavy atom. The normalized spacial score (nSPS) is 17.8. The first-order valence-corrected chi connectivity index (χ1v) is 8.71. The Morgan fingerprint density at radius 3 is 3.08 bits per heavy atom. The second-order valence-corrected chi connectivity index (χ2v) is 6.56. The van der Waals surface area contributed by atoms with Crippen LogP contribution >= 0.6 is 0 Å². The average molecular weight is 335 g/mol. The van der Waals surface area contributed by atoms with Gasteiger partial charge in [-0.2, -0.15) is 0 Å². The first-order chi connectivity index (χ1) is 12.2. The quantitative estimate of drug-likeness (QED) is 0.738. The molecule has 1 aliphatic rings. The fourth-order valence-electron chi connectivity index (χ4n) is 3.57. The number of pyridine rings is 1. The Kier molecular flexibility index (Phi) is 4.17. The van der Waals surface area contributed by atoms with Gasteiger partial charge >= 0.3 is 0 Å². The highest BCUT2D eigenvalue weighted by Gasteiger charge is 2.29. The summed E-state index contributed by atoms with van der Waals surface area (Å²) in [6, 6.07) is 5.92. The van der Waals surface area contributed by atoms with Gasteiger partial charge in [-0.15, -0.1) is 0 Å². The number of aryl methyl sites for hydroxylation is 1. The molecule has 0 aromatic carbocycles. The molecule has 1 aliphatic heterocycles. The third kappa shape index (κ3) is 3.12. The Labute approximate surface area is 146 Å². The van der Waals surface area contributed by atoms with Crippen LogP contribution in [0.1, 0.15) is 42.3 Å². The molecule has 4 heterocycles. The van der Waals surface area contributed by atoms with Gasteiger partial charge in [0.1, 0.15) is 0 Å². The van der Waals surface area contributed by atoms with Gasteiger partial charge < -0.3 is 4.90 Å². The maximum Gasteiger partial charge on any atom is 0.234 e. The Balaban J connectivity index is 1.62. The van der Waals surface area contributed by atoms with Crippen LogP contribution < -0.4 is 0 Å². The smallest absolute Gasteiger partial charge is 0.234 e. The highest BCUT2D eigenvalue weighted by atomic mass is 16.2. The van der Waals surface area contributed by atoms with E-state index in [9.17, 15) is 4.79 Å². The molecule has 0 N–H and O–H groups in total. The van der Waals surface area contributed by atoms with E-state index in [-0.39, 0.29) is 11.9 Å². The molecule has 25 heavy (non-hydrogen) atoms. The maximum atomic E-state index is 12.9. The van der Waals surface area contributed by atoms with E-state index in [1.165, 1.54) is 0 Å². The Bertz CT molecular complexity index is 889. The Hall–Kier alpha value is -2.76. The van der Waals surface area contributed by atoms with Gasteiger partial charge in [-0.3, -0.25) is 14.2 Å². The van der Waals surface area contributed by atoms with Crippen molar-refractivity contribution in [3.05, 3.63) is 59.9 Å². The molecular formula is C19H21N5O.